The van der Waals surface area contributed by atoms with Crippen LogP contribution in [0.4, 0.5) is 0 Å². The Hall–Kier alpha value is -1.88. The zero-order valence-electron chi connectivity index (χ0n) is 15.0. The minimum absolute atomic E-state index is 0.00126. The zero-order chi connectivity index (χ0) is 18.2. The number of carboxylic acid groups (broad SMARTS) is 1. The second-order valence-corrected chi connectivity index (χ2v) is 7.84. The molecule has 2 fully saturated rings. The number of rotatable bonds is 6. The Morgan fingerprint density at radius 1 is 1.20 bits per heavy atom. The molecule has 0 saturated carbocycles. The van der Waals surface area contributed by atoms with Crippen molar-refractivity contribution < 1.29 is 24.2 Å². The summed E-state index contributed by atoms with van der Waals surface area (Å²) in [5.74, 6) is -1.43. The Morgan fingerprint density at radius 2 is 1.84 bits per heavy atom. The maximum atomic E-state index is 12.0. The predicted molar refractivity (Wildman–Crippen MR) is 92.2 cm³/mol. The SMILES string of the molecule is COC(=O)C(C)(C)Cc1ccccc1C[C@@H]1[C@H](C(=O)O)[C@H]2CC[C@@H]1O2. The summed E-state index contributed by atoms with van der Waals surface area (Å²) in [6.07, 6.45) is 2.91. The highest BCUT2D eigenvalue weighted by Gasteiger charge is 2.52. The van der Waals surface area contributed by atoms with E-state index in [1.165, 1.54) is 7.11 Å². The molecule has 0 spiro atoms. The van der Waals surface area contributed by atoms with E-state index in [9.17, 15) is 14.7 Å². The molecule has 2 saturated heterocycles. The van der Waals surface area contributed by atoms with E-state index in [-0.39, 0.29) is 24.1 Å². The van der Waals surface area contributed by atoms with Gasteiger partial charge in [-0.1, -0.05) is 24.3 Å². The Kier molecular flexibility index (Phi) is 4.87. The monoisotopic (exact) mass is 346 g/mol. The number of hydrogen-bond acceptors (Lipinski definition) is 4. The molecule has 0 radical (unpaired) electrons. The second kappa shape index (κ2) is 6.79. The van der Waals surface area contributed by atoms with Crippen LogP contribution in [0.5, 0.6) is 0 Å². The molecule has 0 aliphatic carbocycles. The van der Waals surface area contributed by atoms with Crippen molar-refractivity contribution in [3.63, 3.8) is 0 Å². The van der Waals surface area contributed by atoms with Crippen molar-refractivity contribution in [3.8, 4) is 0 Å². The average molecular weight is 346 g/mol. The van der Waals surface area contributed by atoms with E-state index in [2.05, 4.69) is 0 Å². The van der Waals surface area contributed by atoms with Gasteiger partial charge in [0.2, 0.25) is 0 Å². The van der Waals surface area contributed by atoms with E-state index in [0.29, 0.717) is 12.8 Å². The molecule has 1 aromatic rings. The van der Waals surface area contributed by atoms with Crippen LogP contribution >= 0.6 is 0 Å². The maximum Gasteiger partial charge on any atom is 0.311 e. The van der Waals surface area contributed by atoms with Crippen molar-refractivity contribution in [3.05, 3.63) is 35.4 Å². The molecule has 1 aromatic carbocycles. The van der Waals surface area contributed by atoms with Crippen molar-refractivity contribution in [2.75, 3.05) is 7.11 Å². The molecule has 2 bridgehead atoms. The molecule has 2 aliphatic rings. The highest BCUT2D eigenvalue weighted by atomic mass is 16.5. The van der Waals surface area contributed by atoms with Gasteiger partial charge < -0.3 is 14.6 Å². The molecule has 3 rings (SSSR count). The third kappa shape index (κ3) is 3.43. The zero-order valence-corrected chi connectivity index (χ0v) is 15.0. The molecular weight excluding hydrogens is 320 g/mol. The summed E-state index contributed by atoms with van der Waals surface area (Å²) in [7, 11) is 1.40. The fourth-order valence-electron chi connectivity index (χ4n) is 4.38. The lowest BCUT2D eigenvalue weighted by Crippen LogP contribution is -2.35. The van der Waals surface area contributed by atoms with Gasteiger partial charge in [-0.3, -0.25) is 9.59 Å². The summed E-state index contributed by atoms with van der Waals surface area (Å²) in [6.45, 7) is 3.74. The van der Waals surface area contributed by atoms with Crippen LogP contribution in [0.15, 0.2) is 24.3 Å². The van der Waals surface area contributed by atoms with Gasteiger partial charge in [-0.15, -0.1) is 0 Å². The summed E-state index contributed by atoms with van der Waals surface area (Å²) >= 11 is 0. The lowest BCUT2D eigenvalue weighted by atomic mass is 9.74. The van der Waals surface area contributed by atoms with E-state index < -0.39 is 17.3 Å². The molecule has 4 atom stereocenters. The fourth-order valence-corrected chi connectivity index (χ4v) is 4.38. The molecule has 1 N–H and O–H groups in total. The van der Waals surface area contributed by atoms with Gasteiger partial charge in [-0.2, -0.15) is 0 Å². The van der Waals surface area contributed by atoms with E-state index in [4.69, 9.17) is 9.47 Å². The minimum Gasteiger partial charge on any atom is -0.481 e. The Morgan fingerprint density at radius 3 is 2.48 bits per heavy atom. The molecule has 2 aliphatic heterocycles. The second-order valence-electron chi connectivity index (χ2n) is 7.84. The third-order valence-corrected chi connectivity index (χ3v) is 5.65. The van der Waals surface area contributed by atoms with Gasteiger partial charge in [0.05, 0.1) is 30.7 Å². The van der Waals surface area contributed by atoms with Gasteiger partial charge in [0.15, 0.2) is 0 Å². The van der Waals surface area contributed by atoms with E-state index >= 15 is 0 Å². The molecule has 5 nitrogen and oxygen atoms in total. The van der Waals surface area contributed by atoms with Gasteiger partial charge in [-0.05, 0) is 50.7 Å². The van der Waals surface area contributed by atoms with Gasteiger partial charge in [-0.25, -0.2) is 0 Å². The number of hydrogen-bond donors (Lipinski definition) is 1. The number of ether oxygens (including phenoxy) is 2. The average Bonchev–Trinajstić information content (AvgIpc) is 3.16. The number of fused-ring (bicyclic) bond motifs is 2. The molecular formula is C20H26O5. The van der Waals surface area contributed by atoms with Crippen molar-refractivity contribution in [2.24, 2.45) is 17.3 Å². The van der Waals surface area contributed by atoms with Crippen LogP contribution in [-0.2, 0) is 31.9 Å². The first-order chi connectivity index (χ1) is 11.8. The fraction of sp³-hybridized carbons (Fsp3) is 0.600. The van der Waals surface area contributed by atoms with Crippen molar-refractivity contribution in [1.82, 2.24) is 0 Å². The van der Waals surface area contributed by atoms with Gasteiger partial charge in [0, 0.05) is 5.92 Å². The minimum atomic E-state index is -0.760. The highest BCUT2D eigenvalue weighted by molar-refractivity contribution is 5.76. The van der Waals surface area contributed by atoms with E-state index in [0.717, 1.165) is 24.0 Å². The molecule has 2 heterocycles. The first-order valence-corrected chi connectivity index (χ1v) is 8.87. The molecule has 5 heteroatoms. The van der Waals surface area contributed by atoms with Crippen LogP contribution in [0, 0.1) is 17.3 Å². The Balaban J connectivity index is 1.82. The number of aliphatic carboxylic acids is 1. The lowest BCUT2D eigenvalue weighted by molar-refractivity contribution is -0.150. The van der Waals surface area contributed by atoms with Gasteiger partial charge in [0.1, 0.15) is 0 Å². The van der Waals surface area contributed by atoms with Crippen LogP contribution in [0.25, 0.3) is 0 Å². The number of carboxylic acids is 1. The van der Waals surface area contributed by atoms with Crippen LogP contribution in [-0.4, -0.2) is 36.4 Å². The summed E-state index contributed by atoms with van der Waals surface area (Å²) in [5.41, 5.74) is 1.55. The third-order valence-electron chi connectivity index (χ3n) is 5.65. The number of benzene rings is 1. The largest absolute Gasteiger partial charge is 0.481 e. The number of carbonyl (C=O) groups is 2. The molecule has 0 unspecified atom stereocenters. The first-order valence-electron chi connectivity index (χ1n) is 8.87. The number of carbonyl (C=O) groups excluding carboxylic acids is 1. The molecule has 136 valence electrons. The topological polar surface area (TPSA) is 72.8 Å². The van der Waals surface area contributed by atoms with Crippen LogP contribution < -0.4 is 0 Å². The van der Waals surface area contributed by atoms with Crippen molar-refractivity contribution in [1.29, 1.82) is 0 Å². The Labute approximate surface area is 148 Å². The summed E-state index contributed by atoms with van der Waals surface area (Å²) < 4.78 is 10.8. The van der Waals surface area contributed by atoms with Crippen LogP contribution in [0.1, 0.15) is 37.8 Å². The van der Waals surface area contributed by atoms with Crippen molar-refractivity contribution >= 4 is 11.9 Å². The first kappa shape index (κ1) is 17.9. The summed E-state index contributed by atoms with van der Waals surface area (Å²) in [4.78, 5) is 23.7. The quantitative estimate of drug-likeness (QED) is 0.802. The lowest BCUT2D eigenvalue weighted by Gasteiger charge is -2.27. The standard InChI is InChI=1S/C20H26O5/c1-20(2,19(23)24-3)11-13-7-5-4-6-12(13)10-14-15-8-9-16(25-15)17(14)18(21)22/h4-7,14-17H,8-11H2,1-3H3,(H,21,22)/t14-,15-,16+,17-/m0/s1. The van der Waals surface area contributed by atoms with Crippen molar-refractivity contribution in [2.45, 2.75) is 51.7 Å². The predicted octanol–water partition coefficient (Wildman–Crippen LogP) is 2.85. The van der Waals surface area contributed by atoms with E-state index in [1.54, 1.807) is 0 Å². The van der Waals surface area contributed by atoms with Crippen LogP contribution in [0.3, 0.4) is 0 Å². The maximum absolute atomic E-state index is 12.0. The highest BCUT2D eigenvalue weighted by Crippen LogP contribution is 2.45. The van der Waals surface area contributed by atoms with Gasteiger partial charge >= 0.3 is 11.9 Å². The summed E-state index contributed by atoms with van der Waals surface area (Å²) in [5, 5.41) is 9.60. The molecule has 0 amide bonds. The molecule has 25 heavy (non-hydrogen) atoms. The van der Waals surface area contributed by atoms with E-state index in [1.807, 2.05) is 38.1 Å². The Bertz CT molecular complexity index is 666. The van der Waals surface area contributed by atoms with Gasteiger partial charge in [0.25, 0.3) is 0 Å². The molecule has 0 aromatic heterocycles. The summed E-state index contributed by atoms with van der Waals surface area (Å²) in [6, 6.07) is 7.98. The number of esters is 1. The normalized spacial score (nSPS) is 28.1. The number of methoxy groups -OCH3 is 1. The smallest absolute Gasteiger partial charge is 0.311 e. The van der Waals surface area contributed by atoms with Crippen LogP contribution in [0.2, 0.25) is 0 Å².